The van der Waals surface area contributed by atoms with Crippen molar-refractivity contribution < 1.29 is 19.1 Å². The largest absolute Gasteiger partial charge is 0.477 e. The SMILES string of the molecule is CCSC1=C(C(=O)O)N2C(=O)/C(=C/c3ccco3)[C@@H]2S1. The Morgan fingerprint density at radius 3 is 3.05 bits per heavy atom. The summed E-state index contributed by atoms with van der Waals surface area (Å²) in [6.45, 7) is 1.95. The van der Waals surface area contributed by atoms with Gasteiger partial charge in [0.05, 0.1) is 16.1 Å². The monoisotopic (exact) mass is 309 g/mol. The third kappa shape index (κ3) is 1.97. The van der Waals surface area contributed by atoms with E-state index in [9.17, 15) is 14.7 Å². The smallest absolute Gasteiger partial charge is 0.354 e. The molecule has 1 aromatic rings. The molecule has 5 nitrogen and oxygen atoms in total. The van der Waals surface area contributed by atoms with E-state index >= 15 is 0 Å². The first-order valence-corrected chi connectivity index (χ1v) is 7.85. The summed E-state index contributed by atoms with van der Waals surface area (Å²) in [6, 6.07) is 3.50. The van der Waals surface area contributed by atoms with Crippen molar-refractivity contribution in [2.45, 2.75) is 12.3 Å². The lowest BCUT2D eigenvalue weighted by Crippen LogP contribution is -2.51. The number of fused-ring (bicyclic) bond motifs is 1. The van der Waals surface area contributed by atoms with E-state index in [-0.39, 0.29) is 17.0 Å². The molecule has 3 rings (SSSR count). The van der Waals surface area contributed by atoms with E-state index in [1.165, 1.54) is 34.7 Å². The lowest BCUT2D eigenvalue weighted by Gasteiger charge is -2.36. The first-order valence-electron chi connectivity index (χ1n) is 5.99. The molecule has 0 saturated carbocycles. The number of carboxylic acids is 1. The quantitative estimate of drug-likeness (QED) is 0.681. The molecule has 0 spiro atoms. The highest BCUT2D eigenvalue weighted by atomic mass is 32.2. The van der Waals surface area contributed by atoms with Gasteiger partial charge in [-0.2, -0.15) is 0 Å². The third-order valence-electron chi connectivity index (χ3n) is 2.94. The predicted octanol–water partition coefficient (Wildman–Crippen LogP) is 2.58. The van der Waals surface area contributed by atoms with Gasteiger partial charge >= 0.3 is 5.97 Å². The molecule has 0 aliphatic carbocycles. The van der Waals surface area contributed by atoms with E-state index in [0.717, 1.165) is 5.75 Å². The van der Waals surface area contributed by atoms with Crippen LogP contribution in [0.4, 0.5) is 0 Å². The minimum absolute atomic E-state index is 0.105. The lowest BCUT2D eigenvalue weighted by atomic mass is 10.0. The number of furan rings is 1. The number of hydrogen-bond acceptors (Lipinski definition) is 5. The molecule has 1 amide bonds. The summed E-state index contributed by atoms with van der Waals surface area (Å²) in [6.07, 6.45) is 3.21. The Hall–Kier alpha value is -1.60. The van der Waals surface area contributed by atoms with Crippen LogP contribution in [0.2, 0.25) is 0 Å². The molecule has 104 valence electrons. The number of carboxylic acid groups (broad SMARTS) is 1. The van der Waals surface area contributed by atoms with Crippen LogP contribution in [0, 0.1) is 0 Å². The zero-order valence-corrected chi connectivity index (χ0v) is 12.2. The second-order valence-corrected chi connectivity index (χ2v) is 6.76. The van der Waals surface area contributed by atoms with Gasteiger partial charge in [0.2, 0.25) is 0 Å². The Balaban J connectivity index is 1.90. The van der Waals surface area contributed by atoms with Gasteiger partial charge in [-0.15, -0.1) is 11.8 Å². The first kappa shape index (κ1) is 13.4. The minimum atomic E-state index is -1.05. The number of thioether (sulfide) groups is 2. The van der Waals surface area contributed by atoms with Crippen LogP contribution in [0.5, 0.6) is 0 Å². The molecule has 1 saturated heterocycles. The van der Waals surface area contributed by atoms with Gasteiger partial charge in [-0.25, -0.2) is 4.79 Å². The van der Waals surface area contributed by atoms with Crippen LogP contribution in [-0.2, 0) is 9.59 Å². The maximum absolute atomic E-state index is 12.1. The molecule has 0 radical (unpaired) electrons. The fourth-order valence-corrected chi connectivity index (χ4v) is 4.68. The molecule has 7 heteroatoms. The average Bonchev–Trinajstić information content (AvgIpc) is 3.02. The summed E-state index contributed by atoms with van der Waals surface area (Å²) >= 11 is 2.86. The van der Waals surface area contributed by atoms with Crippen LogP contribution in [0.1, 0.15) is 12.7 Å². The van der Waals surface area contributed by atoms with Crippen molar-refractivity contribution in [3.8, 4) is 0 Å². The molecule has 0 aromatic carbocycles. The van der Waals surface area contributed by atoms with E-state index in [2.05, 4.69) is 0 Å². The van der Waals surface area contributed by atoms with Crippen molar-refractivity contribution in [2.75, 3.05) is 5.75 Å². The molecule has 1 atom stereocenters. The molecule has 3 heterocycles. The van der Waals surface area contributed by atoms with Crippen molar-refractivity contribution >= 4 is 41.5 Å². The summed E-state index contributed by atoms with van der Waals surface area (Å²) in [5, 5.41) is 9.03. The van der Waals surface area contributed by atoms with Crippen molar-refractivity contribution in [1.29, 1.82) is 0 Å². The van der Waals surface area contributed by atoms with Crippen LogP contribution in [0.15, 0.2) is 38.3 Å². The highest BCUT2D eigenvalue weighted by Gasteiger charge is 2.52. The van der Waals surface area contributed by atoms with Gasteiger partial charge in [-0.1, -0.05) is 18.7 Å². The Kier molecular flexibility index (Phi) is 3.39. The van der Waals surface area contributed by atoms with Crippen LogP contribution < -0.4 is 0 Å². The Morgan fingerprint density at radius 1 is 1.65 bits per heavy atom. The number of carbonyl (C=O) groups excluding carboxylic acids is 1. The van der Waals surface area contributed by atoms with E-state index in [0.29, 0.717) is 15.6 Å². The zero-order chi connectivity index (χ0) is 14.3. The summed E-state index contributed by atoms with van der Waals surface area (Å²) in [4.78, 5) is 24.8. The number of β-lactam (4-membered cyclic amide) rings is 1. The minimum Gasteiger partial charge on any atom is -0.477 e. The molecular weight excluding hydrogens is 298 g/mol. The molecule has 0 unspecified atom stereocenters. The van der Waals surface area contributed by atoms with Gasteiger partial charge in [0.1, 0.15) is 11.1 Å². The number of rotatable bonds is 4. The molecule has 20 heavy (non-hydrogen) atoms. The summed E-state index contributed by atoms with van der Waals surface area (Å²) in [5.41, 5.74) is 0.684. The third-order valence-corrected chi connectivity index (χ3v) is 5.42. The Morgan fingerprint density at radius 2 is 2.45 bits per heavy atom. The maximum Gasteiger partial charge on any atom is 0.354 e. The van der Waals surface area contributed by atoms with Crippen LogP contribution in [-0.4, -0.2) is 33.0 Å². The molecule has 1 aromatic heterocycles. The van der Waals surface area contributed by atoms with Crippen molar-refractivity contribution in [3.63, 3.8) is 0 Å². The standard InChI is InChI=1S/C13H11NO4S2/c1-2-19-13-9(12(16)17)14-10(15)8(11(14)20-13)6-7-4-3-5-18-7/h3-6,11H,2H2,1H3,(H,16,17)/b8-6-/t11-/m0/s1. The Labute approximate surface area is 123 Å². The second-order valence-electron chi connectivity index (χ2n) is 4.13. The van der Waals surface area contributed by atoms with Crippen LogP contribution >= 0.6 is 23.5 Å². The summed E-state index contributed by atoms with van der Waals surface area (Å²) in [7, 11) is 0. The van der Waals surface area contributed by atoms with Crippen molar-refractivity contribution in [2.24, 2.45) is 0 Å². The maximum atomic E-state index is 12.1. The van der Waals surface area contributed by atoms with Crippen LogP contribution in [0.25, 0.3) is 6.08 Å². The van der Waals surface area contributed by atoms with E-state index in [1.54, 1.807) is 18.2 Å². The van der Waals surface area contributed by atoms with Gasteiger partial charge in [0.15, 0.2) is 5.70 Å². The average molecular weight is 309 g/mol. The van der Waals surface area contributed by atoms with Crippen LogP contribution in [0.3, 0.4) is 0 Å². The molecule has 1 fully saturated rings. The van der Waals surface area contributed by atoms with Gasteiger partial charge in [0, 0.05) is 0 Å². The summed E-state index contributed by atoms with van der Waals surface area (Å²) in [5.74, 6) is 0.0527. The molecular formula is C13H11NO4S2. The first-order chi connectivity index (χ1) is 9.63. The van der Waals surface area contributed by atoms with E-state index < -0.39 is 5.97 Å². The van der Waals surface area contributed by atoms with Gasteiger partial charge in [-0.3, -0.25) is 9.69 Å². The molecule has 2 aliphatic heterocycles. The molecule has 0 bridgehead atoms. The number of carbonyl (C=O) groups is 2. The number of nitrogens with zero attached hydrogens (tertiary/aromatic N) is 1. The zero-order valence-electron chi connectivity index (χ0n) is 10.5. The van der Waals surface area contributed by atoms with Crippen molar-refractivity contribution in [3.05, 3.63) is 39.7 Å². The van der Waals surface area contributed by atoms with Gasteiger partial charge in [-0.05, 0) is 24.0 Å². The molecule has 2 aliphatic rings. The Bertz CT molecular complexity index is 633. The predicted molar refractivity (Wildman–Crippen MR) is 77.7 cm³/mol. The van der Waals surface area contributed by atoms with Gasteiger partial charge < -0.3 is 9.52 Å². The number of hydrogen-bond donors (Lipinski definition) is 1. The summed E-state index contributed by atoms with van der Waals surface area (Å²) < 4.78 is 5.89. The van der Waals surface area contributed by atoms with Gasteiger partial charge in [0.25, 0.3) is 5.91 Å². The topological polar surface area (TPSA) is 70.8 Å². The van der Waals surface area contributed by atoms with E-state index in [1.807, 2.05) is 6.92 Å². The van der Waals surface area contributed by atoms with E-state index in [4.69, 9.17) is 4.42 Å². The fraction of sp³-hybridized carbons (Fsp3) is 0.231. The second kappa shape index (κ2) is 5.06. The highest BCUT2D eigenvalue weighted by Crippen LogP contribution is 2.52. The number of amides is 1. The lowest BCUT2D eigenvalue weighted by molar-refractivity contribution is -0.141. The fourth-order valence-electron chi connectivity index (χ4n) is 2.10. The highest BCUT2D eigenvalue weighted by molar-refractivity contribution is 8.22. The molecule has 1 N–H and O–H groups in total. The van der Waals surface area contributed by atoms with Crippen molar-refractivity contribution in [1.82, 2.24) is 4.90 Å². The number of aliphatic carboxylic acids is 1. The normalized spacial score (nSPS) is 23.2.